The Morgan fingerprint density at radius 2 is 2.00 bits per heavy atom. The molecule has 0 saturated heterocycles. The number of ether oxygens (including phenoxy) is 1. The predicted octanol–water partition coefficient (Wildman–Crippen LogP) is 2.96. The molecular weight excluding hydrogens is 264 g/mol. The first-order valence-corrected chi connectivity index (χ1v) is 8.66. The van der Waals surface area contributed by atoms with E-state index in [1.807, 2.05) is 13.8 Å². The summed E-state index contributed by atoms with van der Waals surface area (Å²) >= 11 is 0. The molecule has 2 unspecified atom stereocenters. The van der Waals surface area contributed by atoms with Crippen molar-refractivity contribution in [3.8, 4) is 0 Å². The number of nitrogens with zero attached hydrogens (tertiary/aromatic N) is 1. The van der Waals surface area contributed by atoms with Gasteiger partial charge in [-0.25, -0.2) is 0 Å². The van der Waals surface area contributed by atoms with Crippen LogP contribution in [0.1, 0.15) is 66.7 Å². The van der Waals surface area contributed by atoms with Crippen molar-refractivity contribution in [2.75, 3.05) is 19.7 Å². The Morgan fingerprint density at radius 1 is 1.33 bits per heavy atom. The number of esters is 1. The number of hydrogen-bond acceptors (Lipinski definition) is 4. The lowest BCUT2D eigenvalue weighted by Crippen LogP contribution is -2.54. The maximum Gasteiger partial charge on any atom is 0.326 e. The summed E-state index contributed by atoms with van der Waals surface area (Å²) in [6.45, 7) is 12.9. The van der Waals surface area contributed by atoms with Crippen molar-refractivity contribution in [2.24, 2.45) is 0 Å². The Morgan fingerprint density at radius 3 is 2.48 bits per heavy atom. The Hall–Kier alpha value is -0.610. The average Bonchev–Trinajstić information content (AvgIpc) is 3.27. The first-order chi connectivity index (χ1) is 9.98. The van der Waals surface area contributed by atoms with Crippen LogP contribution in [0, 0.1) is 0 Å². The maximum atomic E-state index is 12.4. The molecule has 1 saturated carbocycles. The monoisotopic (exact) mass is 298 g/mol. The third kappa shape index (κ3) is 5.59. The van der Waals surface area contributed by atoms with Gasteiger partial charge in [0.05, 0.1) is 6.61 Å². The summed E-state index contributed by atoms with van der Waals surface area (Å²) in [7, 11) is 0. The highest BCUT2D eigenvalue weighted by Gasteiger charge is 2.39. The molecule has 0 heterocycles. The van der Waals surface area contributed by atoms with Gasteiger partial charge in [0.2, 0.25) is 0 Å². The molecule has 1 fully saturated rings. The van der Waals surface area contributed by atoms with Crippen LogP contribution in [0.25, 0.3) is 0 Å². The number of hydrogen-bond donors (Lipinski definition) is 1. The lowest BCUT2D eigenvalue weighted by molar-refractivity contribution is -0.151. The first kappa shape index (κ1) is 18.4. The molecule has 0 amide bonds. The summed E-state index contributed by atoms with van der Waals surface area (Å²) in [6, 6.07) is 1.13. The standard InChI is InChI=1S/C17H34N2O2/c1-6-11-18-17(5,16(20)21-8-3)13-14(4)19(12-7-2)15-9-10-15/h14-15,18H,6-13H2,1-5H3. The molecule has 124 valence electrons. The molecule has 1 rings (SSSR count). The summed E-state index contributed by atoms with van der Waals surface area (Å²) in [5.74, 6) is -0.113. The van der Waals surface area contributed by atoms with Gasteiger partial charge in [0.15, 0.2) is 0 Å². The predicted molar refractivity (Wildman–Crippen MR) is 87.4 cm³/mol. The van der Waals surface area contributed by atoms with E-state index in [1.54, 1.807) is 0 Å². The van der Waals surface area contributed by atoms with Crippen LogP contribution in [0.5, 0.6) is 0 Å². The quantitative estimate of drug-likeness (QED) is 0.596. The van der Waals surface area contributed by atoms with Crippen LogP contribution in [0.4, 0.5) is 0 Å². The van der Waals surface area contributed by atoms with E-state index in [4.69, 9.17) is 4.74 Å². The third-order valence-electron chi connectivity index (χ3n) is 4.26. The normalized spacial score (nSPS) is 19.3. The number of nitrogens with one attached hydrogen (secondary N) is 1. The first-order valence-electron chi connectivity index (χ1n) is 8.66. The highest BCUT2D eigenvalue weighted by Crippen LogP contribution is 2.31. The van der Waals surface area contributed by atoms with Gasteiger partial charge < -0.3 is 10.1 Å². The molecule has 0 aromatic heterocycles. The van der Waals surface area contributed by atoms with E-state index in [-0.39, 0.29) is 5.97 Å². The molecule has 0 aromatic rings. The molecule has 2 atom stereocenters. The van der Waals surface area contributed by atoms with Crippen molar-refractivity contribution in [1.29, 1.82) is 0 Å². The van der Waals surface area contributed by atoms with E-state index in [1.165, 1.54) is 19.3 Å². The van der Waals surface area contributed by atoms with Crippen LogP contribution < -0.4 is 5.32 Å². The highest BCUT2D eigenvalue weighted by atomic mass is 16.5. The fourth-order valence-corrected chi connectivity index (χ4v) is 3.05. The molecule has 1 aliphatic carbocycles. The Kier molecular flexibility index (Phi) is 7.67. The van der Waals surface area contributed by atoms with Crippen LogP contribution in [0.15, 0.2) is 0 Å². The van der Waals surface area contributed by atoms with Crippen LogP contribution in [0.3, 0.4) is 0 Å². The average molecular weight is 298 g/mol. The minimum atomic E-state index is -0.577. The zero-order valence-corrected chi connectivity index (χ0v) is 14.6. The topological polar surface area (TPSA) is 41.6 Å². The molecule has 1 N–H and O–H groups in total. The van der Waals surface area contributed by atoms with Crippen molar-refractivity contribution < 1.29 is 9.53 Å². The third-order valence-corrected chi connectivity index (χ3v) is 4.26. The van der Waals surface area contributed by atoms with Crippen LogP contribution in [-0.4, -0.2) is 48.2 Å². The summed E-state index contributed by atoms with van der Waals surface area (Å²) < 4.78 is 5.30. The maximum absolute atomic E-state index is 12.4. The minimum absolute atomic E-state index is 0.113. The zero-order chi connectivity index (χ0) is 15.9. The van der Waals surface area contributed by atoms with Crippen LogP contribution in [-0.2, 0) is 9.53 Å². The summed E-state index contributed by atoms with van der Waals surface area (Å²) in [6.07, 6.45) is 5.61. The lowest BCUT2D eigenvalue weighted by Gasteiger charge is -2.36. The number of carbonyl (C=O) groups excluding carboxylic acids is 1. The van der Waals surface area contributed by atoms with Gasteiger partial charge in [0.1, 0.15) is 5.54 Å². The van der Waals surface area contributed by atoms with Gasteiger partial charge in [-0.1, -0.05) is 13.8 Å². The molecule has 4 heteroatoms. The van der Waals surface area contributed by atoms with Crippen molar-refractivity contribution >= 4 is 5.97 Å². The molecule has 0 spiro atoms. The van der Waals surface area contributed by atoms with Crippen molar-refractivity contribution in [1.82, 2.24) is 10.2 Å². The van der Waals surface area contributed by atoms with Gasteiger partial charge in [-0.05, 0) is 66.0 Å². The van der Waals surface area contributed by atoms with Crippen LogP contribution >= 0.6 is 0 Å². The van der Waals surface area contributed by atoms with Crippen molar-refractivity contribution in [2.45, 2.75) is 84.3 Å². The van der Waals surface area contributed by atoms with Gasteiger partial charge in [-0.3, -0.25) is 9.69 Å². The summed E-state index contributed by atoms with van der Waals surface area (Å²) in [5.41, 5.74) is -0.577. The molecule has 0 aromatic carbocycles. The minimum Gasteiger partial charge on any atom is -0.465 e. The lowest BCUT2D eigenvalue weighted by atomic mass is 9.92. The van der Waals surface area contributed by atoms with Gasteiger partial charge in [-0.2, -0.15) is 0 Å². The molecular formula is C17H34N2O2. The fraction of sp³-hybridized carbons (Fsp3) is 0.941. The molecule has 0 radical (unpaired) electrons. The number of rotatable bonds is 11. The van der Waals surface area contributed by atoms with E-state index in [0.29, 0.717) is 12.6 Å². The largest absolute Gasteiger partial charge is 0.465 e. The second-order valence-electron chi connectivity index (χ2n) is 6.50. The van der Waals surface area contributed by atoms with E-state index in [2.05, 4.69) is 31.0 Å². The second kappa shape index (κ2) is 8.74. The van der Waals surface area contributed by atoms with E-state index >= 15 is 0 Å². The molecule has 4 nitrogen and oxygen atoms in total. The van der Waals surface area contributed by atoms with Gasteiger partial charge in [0, 0.05) is 12.1 Å². The van der Waals surface area contributed by atoms with E-state index < -0.39 is 5.54 Å². The Balaban J connectivity index is 2.70. The highest BCUT2D eigenvalue weighted by molar-refractivity contribution is 5.80. The molecule has 1 aliphatic rings. The fourth-order valence-electron chi connectivity index (χ4n) is 3.05. The Labute approximate surface area is 130 Å². The summed E-state index contributed by atoms with van der Waals surface area (Å²) in [5, 5.41) is 3.42. The van der Waals surface area contributed by atoms with Gasteiger partial charge in [0.25, 0.3) is 0 Å². The smallest absolute Gasteiger partial charge is 0.326 e. The second-order valence-corrected chi connectivity index (χ2v) is 6.50. The Bertz CT molecular complexity index is 318. The molecule has 21 heavy (non-hydrogen) atoms. The molecule has 0 bridgehead atoms. The van der Waals surface area contributed by atoms with E-state index in [0.717, 1.165) is 32.0 Å². The van der Waals surface area contributed by atoms with E-state index in [9.17, 15) is 4.79 Å². The zero-order valence-electron chi connectivity index (χ0n) is 14.6. The van der Waals surface area contributed by atoms with Crippen molar-refractivity contribution in [3.05, 3.63) is 0 Å². The van der Waals surface area contributed by atoms with Gasteiger partial charge >= 0.3 is 5.97 Å². The molecule has 0 aliphatic heterocycles. The van der Waals surface area contributed by atoms with Crippen molar-refractivity contribution in [3.63, 3.8) is 0 Å². The number of carbonyl (C=O) groups is 1. The van der Waals surface area contributed by atoms with Crippen LogP contribution in [0.2, 0.25) is 0 Å². The summed E-state index contributed by atoms with van der Waals surface area (Å²) in [4.78, 5) is 14.9. The SMILES string of the molecule is CCCNC(C)(CC(C)N(CCC)C1CC1)C(=O)OCC. The van der Waals surface area contributed by atoms with Gasteiger partial charge in [-0.15, -0.1) is 0 Å².